The van der Waals surface area contributed by atoms with Crippen molar-refractivity contribution in [3.8, 4) is 5.75 Å². The summed E-state index contributed by atoms with van der Waals surface area (Å²) in [5, 5.41) is 2.40. The van der Waals surface area contributed by atoms with Gasteiger partial charge in [-0.05, 0) is 12.1 Å². The fourth-order valence-electron chi connectivity index (χ4n) is 1.13. The Morgan fingerprint density at radius 1 is 1.41 bits per heavy atom. The van der Waals surface area contributed by atoms with Crippen molar-refractivity contribution in [1.29, 1.82) is 0 Å². The summed E-state index contributed by atoms with van der Waals surface area (Å²) in [7, 11) is 0. The molecular formula is C10H11F3N2O2. The highest BCUT2D eigenvalue weighted by atomic mass is 19.4. The molecular weight excluding hydrogens is 237 g/mol. The number of anilines is 1. The third-order valence-corrected chi connectivity index (χ3v) is 1.72. The second kappa shape index (κ2) is 5.53. The van der Waals surface area contributed by atoms with Crippen molar-refractivity contribution in [2.75, 3.05) is 11.9 Å². The van der Waals surface area contributed by atoms with E-state index in [0.29, 0.717) is 0 Å². The predicted octanol–water partition coefficient (Wildman–Crippen LogP) is 1.87. The van der Waals surface area contributed by atoms with Crippen molar-refractivity contribution < 1.29 is 22.7 Å². The van der Waals surface area contributed by atoms with Gasteiger partial charge in [-0.2, -0.15) is 0 Å². The molecule has 17 heavy (non-hydrogen) atoms. The molecule has 0 unspecified atom stereocenters. The molecule has 0 aliphatic carbocycles. The fourth-order valence-corrected chi connectivity index (χ4v) is 1.13. The molecule has 0 bridgehead atoms. The summed E-state index contributed by atoms with van der Waals surface area (Å²) in [6.45, 7) is 0.171. The maximum atomic E-state index is 11.9. The maximum Gasteiger partial charge on any atom is 0.573 e. The molecule has 1 amide bonds. The van der Waals surface area contributed by atoms with Gasteiger partial charge in [0.05, 0.1) is 0 Å². The van der Waals surface area contributed by atoms with E-state index in [0.717, 1.165) is 12.1 Å². The molecule has 0 heterocycles. The molecule has 1 rings (SSSR count). The zero-order valence-electron chi connectivity index (χ0n) is 8.75. The van der Waals surface area contributed by atoms with Crippen LogP contribution in [0.5, 0.6) is 5.75 Å². The third-order valence-electron chi connectivity index (χ3n) is 1.72. The second-order valence-corrected chi connectivity index (χ2v) is 3.16. The van der Waals surface area contributed by atoms with Crippen LogP contribution in [0.15, 0.2) is 24.3 Å². The average molecular weight is 248 g/mol. The fraction of sp³-hybridized carbons (Fsp3) is 0.300. The number of amides is 1. The smallest absolute Gasteiger partial charge is 0.406 e. The Morgan fingerprint density at radius 2 is 2.12 bits per heavy atom. The molecule has 1 aromatic rings. The molecule has 0 radical (unpaired) electrons. The van der Waals surface area contributed by atoms with E-state index in [-0.39, 0.29) is 30.3 Å². The van der Waals surface area contributed by atoms with E-state index in [2.05, 4.69) is 10.1 Å². The van der Waals surface area contributed by atoms with Crippen LogP contribution in [0.4, 0.5) is 18.9 Å². The van der Waals surface area contributed by atoms with Crippen molar-refractivity contribution in [1.82, 2.24) is 0 Å². The molecule has 3 N–H and O–H groups in total. The van der Waals surface area contributed by atoms with Crippen LogP contribution < -0.4 is 15.8 Å². The Hall–Kier alpha value is -1.76. The number of carbonyl (C=O) groups is 1. The van der Waals surface area contributed by atoms with Gasteiger partial charge in [0.2, 0.25) is 5.91 Å². The first-order valence-corrected chi connectivity index (χ1v) is 4.76. The molecule has 0 spiro atoms. The van der Waals surface area contributed by atoms with E-state index in [1.807, 2.05) is 0 Å². The van der Waals surface area contributed by atoms with E-state index in [1.165, 1.54) is 12.1 Å². The molecule has 0 saturated carbocycles. The van der Waals surface area contributed by atoms with Crippen molar-refractivity contribution in [3.05, 3.63) is 24.3 Å². The van der Waals surface area contributed by atoms with Crippen LogP contribution in [0, 0.1) is 0 Å². The second-order valence-electron chi connectivity index (χ2n) is 3.16. The normalized spacial score (nSPS) is 11.1. The van der Waals surface area contributed by atoms with Crippen molar-refractivity contribution in [2.45, 2.75) is 12.8 Å². The van der Waals surface area contributed by atoms with Crippen LogP contribution in [0.2, 0.25) is 0 Å². The Labute approximate surface area is 95.6 Å². The maximum absolute atomic E-state index is 11.9. The SMILES string of the molecule is NCCC(=O)Nc1cccc(OC(F)(F)F)c1. The Kier molecular flexibility index (Phi) is 4.33. The number of benzene rings is 1. The lowest BCUT2D eigenvalue weighted by atomic mass is 10.3. The average Bonchev–Trinajstić information content (AvgIpc) is 2.15. The van der Waals surface area contributed by atoms with Gasteiger partial charge < -0.3 is 15.8 Å². The molecule has 0 saturated heterocycles. The third kappa shape index (κ3) is 5.21. The molecule has 0 aromatic heterocycles. The number of rotatable bonds is 4. The highest BCUT2D eigenvalue weighted by Crippen LogP contribution is 2.24. The quantitative estimate of drug-likeness (QED) is 0.854. The van der Waals surface area contributed by atoms with Crippen molar-refractivity contribution in [3.63, 3.8) is 0 Å². The first-order chi connectivity index (χ1) is 7.90. The summed E-state index contributed by atoms with van der Waals surface area (Å²) in [6.07, 6.45) is -4.65. The number of nitrogens with two attached hydrogens (primary N) is 1. The number of hydrogen-bond donors (Lipinski definition) is 2. The lowest BCUT2D eigenvalue weighted by Gasteiger charge is -2.10. The van der Waals surface area contributed by atoms with Crippen LogP contribution in [-0.2, 0) is 4.79 Å². The summed E-state index contributed by atoms with van der Waals surface area (Å²) in [6, 6.07) is 5.03. The van der Waals surface area contributed by atoms with E-state index < -0.39 is 6.36 Å². The molecule has 0 fully saturated rings. The minimum absolute atomic E-state index is 0.102. The summed E-state index contributed by atoms with van der Waals surface area (Å²) >= 11 is 0. The van der Waals surface area contributed by atoms with Gasteiger partial charge in [-0.1, -0.05) is 6.07 Å². The highest BCUT2D eigenvalue weighted by Gasteiger charge is 2.31. The first kappa shape index (κ1) is 13.3. The van der Waals surface area contributed by atoms with Gasteiger partial charge in [0.25, 0.3) is 0 Å². The Bertz CT molecular complexity index is 393. The molecule has 0 atom stereocenters. The number of nitrogens with one attached hydrogen (secondary N) is 1. The Morgan fingerprint density at radius 3 is 2.71 bits per heavy atom. The highest BCUT2D eigenvalue weighted by molar-refractivity contribution is 5.90. The van der Waals surface area contributed by atoms with Gasteiger partial charge in [-0.15, -0.1) is 13.2 Å². The minimum atomic E-state index is -4.75. The van der Waals surface area contributed by atoms with Crippen LogP contribution in [0.1, 0.15) is 6.42 Å². The van der Waals surface area contributed by atoms with E-state index in [4.69, 9.17) is 5.73 Å². The topological polar surface area (TPSA) is 64.4 Å². The summed E-state index contributed by atoms with van der Waals surface area (Å²) in [5.74, 6) is -0.750. The zero-order valence-corrected chi connectivity index (χ0v) is 8.75. The van der Waals surface area contributed by atoms with Crippen LogP contribution in [0.3, 0.4) is 0 Å². The predicted molar refractivity (Wildman–Crippen MR) is 55.4 cm³/mol. The standard InChI is InChI=1S/C10H11F3N2O2/c11-10(12,13)17-8-3-1-2-7(6-8)15-9(16)4-5-14/h1-3,6H,4-5,14H2,(H,15,16). The van der Waals surface area contributed by atoms with Gasteiger partial charge in [0, 0.05) is 24.7 Å². The largest absolute Gasteiger partial charge is 0.573 e. The molecule has 0 aliphatic heterocycles. The van der Waals surface area contributed by atoms with Crippen molar-refractivity contribution >= 4 is 11.6 Å². The van der Waals surface area contributed by atoms with Gasteiger partial charge in [0.15, 0.2) is 0 Å². The molecule has 0 aliphatic rings. The van der Waals surface area contributed by atoms with E-state index >= 15 is 0 Å². The van der Waals surface area contributed by atoms with Gasteiger partial charge >= 0.3 is 6.36 Å². The van der Waals surface area contributed by atoms with Gasteiger partial charge in [-0.3, -0.25) is 4.79 Å². The molecule has 7 heteroatoms. The summed E-state index contributed by atoms with van der Waals surface area (Å²) in [4.78, 5) is 11.2. The number of ether oxygens (including phenoxy) is 1. The van der Waals surface area contributed by atoms with Gasteiger partial charge in [-0.25, -0.2) is 0 Å². The van der Waals surface area contributed by atoms with Crippen molar-refractivity contribution in [2.24, 2.45) is 5.73 Å². The molecule has 1 aromatic carbocycles. The lowest BCUT2D eigenvalue weighted by molar-refractivity contribution is -0.274. The first-order valence-electron chi connectivity index (χ1n) is 4.76. The zero-order chi connectivity index (χ0) is 12.9. The monoisotopic (exact) mass is 248 g/mol. The van der Waals surface area contributed by atoms with E-state index in [9.17, 15) is 18.0 Å². The Balaban J connectivity index is 2.69. The molecule has 4 nitrogen and oxygen atoms in total. The summed E-state index contributed by atoms with van der Waals surface area (Å²) in [5.41, 5.74) is 5.39. The number of hydrogen-bond acceptors (Lipinski definition) is 3. The van der Waals surface area contributed by atoms with Gasteiger partial charge in [0.1, 0.15) is 5.75 Å². The number of halogens is 3. The van der Waals surface area contributed by atoms with Crippen LogP contribution in [-0.4, -0.2) is 18.8 Å². The summed E-state index contributed by atoms with van der Waals surface area (Å²) < 4.78 is 39.5. The van der Waals surface area contributed by atoms with Crippen LogP contribution >= 0.6 is 0 Å². The minimum Gasteiger partial charge on any atom is -0.406 e. The molecule has 94 valence electrons. The van der Waals surface area contributed by atoms with E-state index in [1.54, 1.807) is 0 Å². The number of alkyl halides is 3. The lowest BCUT2D eigenvalue weighted by Crippen LogP contribution is -2.18. The number of carbonyl (C=O) groups excluding carboxylic acids is 1. The van der Waals surface area contributed by atoms with Crippen LogP contribution in [0.25, 0.3) is 0 Å².